The van der Waals surface area contributed by atoms with Gasteiger partial charge in [0.2, 0.25) is 0 Å². The Labute approximate surface area is 304 Å². The largest absolute Gasteiger partial charge is 0.485 e. The van der Waals surface area contributed by atoms with Crippen LogP contribution in [-0.2, 0) is 0 Å². The first-order valence-corrected chi connectivity index (χ1v) is 18.4. The molecule has 0 radical (unpaired) electrons. The maximum Gasteiger partial charge on any atom is 0.164 e. The maximum absolute atomic E-state index is 6.74. The van der Waals surface area contributed by atoms with Crippen LogP contribution in [0.15, 0.2) is 164 Å². The number of hydrogen-bond donors (Lipinski definition) is 0. The normalized spacial score (nSPS) is 16.3. The minimum Gasteiger partial charge on any atom is -0.485 e. The van der Waals surface area contributed by atoms with Crippen LogP contribution in [0.5, 0.6) is 5.75 Å². The van der Waals surface area contributed by atoms with Crippen molar-refractivity contribution in [1.82, 2.24) is 15.0 Å². The number of benzene rings is 7. The molecule has 1 aliphatic heterocycles. The number of hydrogen-bond acceptors (Lipinski definition) is 5. The van der Waals surface area contributed by atoms with E-state index in [1.807, 2.05) is 29.5 Å². The number of ether oxygens (including phenoxy) is 1. The van der Waals surface area contributed by atoms with Gasteiger partial charge in [-0.2, -0.15) is 0 Å². The number of nitrogens with zero attached hydrogens (tertiary/aromatic N) is 3. The summed E-state index contributed by atoms with van der Waals surface area (Å²) in [6.45, 7) is 0. The molecule has 0 saturated heterocycles. The molecule has 52 heavy (non-hydrogen) atoms. The second-order valence-corrected chi connectivity index (χ2v) is 14.5. The van der Waals surface area contributed by atoms with E-state index >= 15 is 0 Å². The second kappa shape index (κ2) is 11.6. The van der Waals surface area contributed by atoms with Gasteiger partial charge >= 0.3 is 0 Å². The molecule has 4 nitrogen and oxygen atoms in total. The summed E-state index contributed by atoms with van der Waals surface area (Å²) in [5.41, 5.74) is 6.49. The molecule has 1 aliphatic carbocycles. The molecule has 2 atom stereocenters. The summed E-state index contributed by atoms with van der Waals surface area (Å²) in [5.74, 6) is 2.82. The van der Waals surface area contributed by atoms with E-state index < -0.39 is 0 Å². The van der Waals surface area contributed by atoms with Gasteiger partial charge in [-0.3, -0.25) is 0 Å². The Balaban J connectivity index is 1.06. The Morgan fingerprint density at radius 2 is 1.25 bits per heavy atom. The molecule has 0 bridgehead atoms. The molecule has 0 fully saturated rings. The molecular weight excluding hydrogens is 655 g/mol. The number of rotatable bonds is 4. The fourth-order valence-electron chi connectivity index (χ4n) is 8.09. The van der Waals surface area contributed by atoms with Gasteiger partial charge in [-0.25, -0.2) is 15.0 Å². The van der Waals surface area contributed by atoms with Crippen LogP contribution in [0.3, 0.4) is 0 Å². The number of aromatic nitrogens is 3. The van der Waals surface area contributed by atoms with Crippen molar-refractivity contribution < 1.29 is 4.74 Å². The molecular formula is C47H29N3OS. The predicted octanol–water partition coefficient (Wildman–Crippen LogP) is 12.0. The lowest BCUT2D eigenvalue weighted by Crippen LogP contribution is -2.20. The standard InChI is InChI=1S/C47H29N3OS/c1-2-12-28(13-3-1)45-48-46(50-47(49-45)39-26-29-14-4-5-15-31(29)33-16-6-7-17-34(33)39)38-21-11-22-40-43(38)37-25-24-30(27-41(37)51-40)32-19-10-20-36-35-18-8-9-23-42(35)52-44(32)36/h1-27,40,43H. The third kappa shape index (κ3) is 4.56. The van der Waals surface area contributed by atoms with Gasteiger partial charge < -0.3 is 4.74 Å². The Bertz CT molecular complexity index is 2960. The second-order valence-electron chi connectivity index (χ2n) is 13.5. The van der Waals surface area contributed by atoms with Gasteiger partial charge in [-0.15, -0.1) is 11.3 Å². The van der Waals surface area contributed by atoms with Gasteiger partial charge in [0.25, 0.3) is 0 Å². The van der Waals surface area contributed by atoms with Gasteiger partial charge in [0.15, 0.2) is 17.5 Å². The summed E-state index contributed by atoms with van der Waals surface area (Å²) in [7, 11) is 0. The lowest BCUT2D eigenvalue weighted by molar-refractivity contribution is 0.271. The maximum atomic E-state index is 6.74. The predicted molar refractivity (Wildman–Crippen MR) is 215 cm³/mol. The van der Waals surface area contributed by atoms with Crippen LogP contribution < -0.4 is 4.74 Å². The van der Waals surface area contributed by atoms with Crippen molar-refractivity contribution in [3.8, 4) is 39.7 Å². The van der Waals surface area contributed by atoms with Crippen LogP contribution in [0.1, 0.15) is 17.3 Å². The zero-order valence-electron chi connectivity index (χ0n) is 27.9. The minimum atomic E-state index is -0.160. The van der Waals surface area contributed by atoms with E-state index in [-0.39, 0.29) is 12.0 Å². The van der Waals surface area contributed by atoms with E-state index in [2.05, 4.69) is 146 Å². The van der Waals surface area contributed by atoms with Crippen molar-refractivity contribution in [1.29, 1.82) is 0 Å². The summed E-state index contributed by atoms with van der Waals surface area (Å²) in [4.78, 5) is 15.6. The molecule has 3 heterocycles. The molecule has 0 spiro atoms. The monoisotopic (exact) mass is 683 g/mol. The number of thiophene rings is 1. The summed E-state index contributed by atoms with van der Waals surface area (Å²) < 4.78 is 9.34. The van der Waals surface area contributed by atoms with Gasteiger partial charge in [-0.1, -0.05) is 140 Å². The van der Waals surface area contributed by atoms with Crippen LogP contribution in [0, 0.1) is 0 Å². The van der Waals surface area contributed by atoms with Gasteiger partial charge in [0.05, 0.1) is 5.92 Å². The Morgan fingerprint density at radius 1 is 0.519 bits per heavy atom. The van der Waals surface area contributed by atoms with E-state index in [0.29, 0.717) is 17.5 Å². The fourth-order valence-corrected chi connectivity index (χ4v) is 9.33. The Morgan fingerprint density at radius 3 is 2.15 bits per heavy atom. The Kier molecular flexibility index (Phi) is 6.51. The molecule has 2 aliphatic rings. The van der Waals surface area contributed by atoms with Crippen LogP contribution >= 0.6 is 11.3 Å². The lowest BCUT2D eigenvalue weighted by Gasteiger charge is -2.22. The average molecular weight is 684 g/mol. The third-order valence-corrected chi connectivity index (χ3v) is 11.7. The van der Waals surface area contributed by atoms with E-state index in [1.54, 1.807) is 0 Å². The highest BCUT2D eigenvalue weighted by Crippen LogP contribution is 2.50. The molecule has 244 valence electrons. The SMILES string of the molecule is C1=CC2Oc3cc(-c4cccc5c4sc4ccccc45)ccc3C2C(c2nc(-c3ccccc3)nc(-c3cc4ccccc4c4ccccc34)n2)=C1. The van der Waals surface area contributed by atoms with Crippen LogP contribution in [-0.4, -0.2) is 21.1 Å². The highest BCUT2D eigenvalue weighted by molar-refractivity contribution is 7.26. The van der Waals surface area contributed by atoms with Gasteiger partial charge in [0.1, 0.15) is 11.9 Å². The van der Waals surface area contributed by atoms with Gasteiger partial charge in [0, 0.05) is 42.4 Å². The summed E-state index contributed by atoms with van der Waals surface area (Å²) in [6, 6.07) is 51.4. The first-order valence-electron chi connectivity index (χ1n) is 17.6. The summed E-state index contributed by atoms with van der Waals surface area (Å²) in [6.07, 6.45) is 6.22. The molecule has 0 saturated carbocycles. The lowest BCUT2D eigenvalue weighted by atomic mass is 9.83. The van der Waals surface area contributed by atoms with E-state index in [4.69, 9.17) is 19.7 Å². The van der Waals surface area contributed by atoms with Crippen molar-refractivity contribution in [2.24, 2.45) is 0 Å². The van der Waals surface area contributed by atoms with Crippen molar-refractivity contribution >= 4 is 58.6 Å². The molecule has 9 aromatic rings. The Hall–Kier alpha value is -6.43. The highest BCUT2D eigenvalue weighted by Gasteiger charge is 2.39. The molecule has 5 heteroatoms. The summed E-state index contributed by atoms with van der Waals surface area (Å²) >= 11 is 1.85. The highest BCUT2D eigenvalue weighted by atomic mass is 32.1. The number of allylic oxidation sites excluding steroid dienone is 2. The quantitative estimate of drug-likeness (QED) is 0.173. The smallest absolute Gasteiger partial charge is 0.164 e. The molecule has 7 aromatic carbocycles. The van der Waals surface area contributed by atoms with Crippen LogP contribution in [0.25, 0.3) is 81.2 Å². The van der Waals surface area contributed by atoms with Crippen LogP contribution in [0.4, 0.5) is 0 Å². The van der Waals surface area contributed by atoms with E-state index in [0.717, 1.165) is 44.3 Å². The topological polar surface area (TPSA) is 47.9 Å². The van der Waals surface area contributed by atoms with Crippen molar-refractivity contribution in [3.63, 3.8) is 0 Å². The van der Waals surface area contributed by atoms with Crippen molar-refractivity contribution in [2.75, 3.05) is 0 Å². The minimum absolute atomic E-state index is 0.0543. The molecule has 0 N–H and O–H groups in total. The van der Waals surface area contributed by atoms with E-state index in [9.17, 15) is 0 Å². The van der Waals surface area contributed by atoms with Crippen molar-refractivity contribution in [3.05, 3.63) is 175 Å². The zero-order chi connectivity index (χ0) is 34.2. The average Bonchev–Trinajstić information content (AvgIpc) is 3.79. The fraction of sp³-hybridized carbons (Fsp3) is 0.0426. The molecule has 2 aromatic heterocycles. The molecule has 11 rings (SSSR count). The summed E-state index contributed by atoms with van der Waals surface area (Å²) in [5, 5.41) is 7.25. The molecule has 0 amide bonds. The van der Waals surface area contributed by atoms with Crippen molar-refractivity contribution in [2.45, 2.75) is 12.0 Å². The zero-order valence-corrected chi connectivity index (χ0v) is 28.7. The molecule has 2 unspecified atom stereocenters. The third-order valence-electron chi connectivity index (χ3n) is 10.5. The van der Waals surface area contributed by atoms with Gasteiger partial charge in [-0.05, 0) is 56.9 Å². The first kappa shape index (κ1) is 29.3. The first-order chi connectivity index (χ1) is 25.8. The van der Waals surface area contributed by atoms with E-state index in [1.165, 1.54) is 36.5 Å². The number of fused-ring (bicyclic) bond motifs is 9. The van der Waals surface area contributed by atoms with Crippen LogP contribution in [0.2, 0.25) is 0 Å².